The minimum atomic E-state index is -3.40. The number of carbonyl (C=O) groups is 1. The third kappa shape index (κ3) is 4.61. The van der Waals surface area contributed by atoms with Gasteiger partial charge in [0, 0.05) is 19.3 Å². The largest absolute Gasteiger partial charge is 0.350 e. The average Bonchev–Trinajstić information content (AvgIpc) is 2.27. The first-order chi connectivity index (χ1) is 7.95. The van der Waals surface area contributed by atoms with Crippen molar-refractivity contribution in [3.8, 4) is 0 Å². The molecule has 1 fully saturated rings. The maximum atomic E-state index is 11.6. The van der Waals surface area contributed by atoms with E-state index >= 15 is 0 Å². The Morgan fingerprint density at radius 2 is 2.24 bits per heavy atom. The third-order valence-corrected chi connectivity index (χ3v) is 4.19. The molecule has 1 heterocycles. The molecule has 0 saturated carbocycles. The zero-order valence-corrected chi connectivity index (χ0v) is 11.0. The predicted octanol–water partition coefficient (Wildman–Crippen LogP) is 0.384. The van der Waals surface area contributed by atoms with Crippen LogP contribution >= 0.6 is 0 Å². The van der Waals surface area contributed by atoms with Crippen LogP contribution in [0.5, 0.6) is 0 Å². The van der Waals surface area contributed by atoms with Gasteiger partial charge in [-0.2, -0.15) is 0 Å². The molecular weight excluding hydrogens is 246 g/mol. The third-order valence-electron chi connectivity index (χ3n) is 2.61. The fraction of sp³-hybridized carbons (Fsp3) is 0.900. The minimum Gasteiger partial charge on any atom is -0.350 e. The summed E-state index contributed by atoms with van der Waals surface area (Å²) in [7, 11) is -3.40. The number of ether oxygens (including phenoxy) is 1. The smallest absolute Gasteiger partial charge is 0.261 e. The van der Waals surface area contributed by atoms with Crippen molar-refractivity contribution in [3.63, 3.8) is 0 Å². The van der Waals surface area contributed by atoms with Crippen LogP contribution in [0, 0.1) is 0 Å². The van der Waals surface area contributed by atoms with Gasteiger partial charge in [0.2, 0.25) is 0 Å². The first kappa shape index (κ1) is 14.4. The molecule has 1 N–H and O–H groups in total. The summed E-state index contributed by atoms with van der Waals surface area (Å²) in [5.74, 6) is -0.635. The van der Waals surface area contributed by atoms with E-state index in [0.29, 0.717) is 13.0 Å². The van der Waals surface area contributed by atoms with Gasteiger partial charge in [-0.05, 0) is 19.3 Å². The SMILES string of the molecule is CCC(C(=O)NO[C@H]1CCCCO1)S(C)(=O)=O. The van der Waals surface area contributed by atoms with E-state index in [4.69, 9.17) is 9.57 Å². The minimum absolute atomic E-state index is 0.222. The molecule has 0 bridgehead atoms. The number of hydrogen-bond acceptors (Lipinski definition) is 5. The summed E-state index contributed by atoms with van der Waals surface area (Å²) in [6, 6.07) is 0. The van der Waals surface area contributed by atoms with Gasteiger partial charge >= 0.3 is 0 Å². The molecule has 0 aromatic rings. The van der Waals surface area contributed by atoms with Crippen LogP contribution in [-0.4, -0.2) is 38.7 Å². The number of hydroxylamine groups is 1. The monoisotopic (exact) mass is 265 g/mol. The molecule has 2 atom stereocenters. The van der Waals surface area contributed by atoms with Crippen molar-refractivity contribution in [1.82, 2.24) is 5.48 Å². The van der Waals surface area contributed by atoms with Gasteiger partial charge in [0.15, 0.2) is 16.1 Å². The highest BCUT2D eigenvalue weighted by Gasteiger charge is 2.28. The van der Waals surface area contributed by atoms with Crippen LogP contribution in [-0.2, 0) is 24.2 Å². The number of carbonyl (C=O) groups excluding carboxylic acids is 1. The molecule has 1 unspecified atom stereocenters. The average molecular weight is 265 g/mol. The molecule has 0 spiro atoms. The Balaban J connectivity index is 2.42. The summed E-state index contributed by atoms with van der Waals surface area (Å²) in [6.07, 6.45) is 3.45. The van der Waals surface area contributed by atoms with Gasteiger partial charge in [-0.25, -0.2) is 18.7 Å². The molecule has 1 aliphatic heterocycles. The fourth-order valence-electron chi connectivity index (χ4n) is 1.68. The van der Waals surface area contributed by atoms with Crippen LogP contribution < -0.4 is 5.48 Å². The van der Waals surface area contributed by atoms with E-state index in [1.165, 1.54) is 0 Å². The Hall–Kier alpha value is -0.660. The van der Waals surface area contributed by atoms with Gasteiger partial charge in [-0.1, -0.05) is 6.92 Å². The molecule has 17 heavy (non-hydrogen) atoms. The molecule has 0 aromatic carbocycles. The molecule has 1 rings (SSSR count). The zero-order chi connectivity index (χ0) is 12.9. The van der Waals surface area contributed by atoms with Crippen molar-refractivity contribution in [2.75, 3.05) is 12.9 Å². The lowest BCUT2D eigenvalue weighted by molar-refractivity contribution is -0.200. The highest BCUT2D eigenvalue weighted by molar-refractivity contribution is 7.92. The summed E-state index contributed by atoms with van der Waals surface area (Å²) in [5, 5.41) is -1.06. The Kier molecular flexibility index (Phi) is 5.35. The molecule has 0 radical (unpaired) electrons. The first-order valence-electron chi connectivity index (χ1n) is 5.71. The van der Waals surface area contributed by atoms with E-state index < -0.39 is 27.3 Å². The predicted molar refractivity (Wildman–Crippen MR) is 61.7 cm³/mol. The van der Waals surface area contributed by atoms with Gasteiger partial charge in [0.1, 0.15) is 5.25 Å². The Labute approximate surface area is 102 Å². The van der Waals surface area contributed by atoms with Crippen LogP contribution in [0.15, 0.2) is 0 Å². The molecule has 6 nitrogen and oxygen atoms in total. The standard InChI is InChI=1S/C10H19NO5S/c1-3-8(17(2,13)14)10(12)11-16-9-6-4-5-7-15-9/h8-9H,3-7H2,1-2H3,(H,11,12)/t8?,9-/m0/s1. The topological polar surface area (TPSA) is 81.7 Å². The van der Waals surface area contributed by atoms with Crippen molar-refractivity contribution in [2.45, 2.75) is 44.1 Å². The van der Waals surface area contributed by atoms with Gasteiger partial charge in [0.25, 0.3) is 5.91 Å². The highest BCUT2D eigenvalue weighted by Crippen LogP contribution is 2.13. The summed E-state index contributed by atoms with van der Waals surface area (Å²) >= 11 is 0. The quantitative estimate of drug-likeness (QED) is 0.727. The van der Waals surface area contributed by atoms with Crippen LogP contribution in [0.1, 0.15) is 32.6 Å². The first-order valence-corrected chi connectivity index (χ1v) is 7.66. The van der Waals surface area contributed by atoms with Crippen LogP contribution in [0.3, 0.4) is 0 Å². The normalized spacial score (nSPS) is 23.1. The molecule has 0 aliphatic carbocycles. The molecule has 1 saturated heterocycles. The molecule has 1 aliphatic rings. The number of rotatable bonds is 5. The van der Waals surface area contributed by atoms with Crippen LogP contribution in [0.4, 0.5) is 0 Å². The molecular formula is C10H19NO5S. The second kappa shape index (κ2) is 6.32. The van der Waals surface area contributed by atoms with Crippen LogP contribution in [0.25, 0.3) is 0 Å². The lowest BCUT2D eigenvalue weighted by Gasteiger charge is -2.23. The molecule has 100 valence electrons. The number of hydrogen-bond donors (Lipinski definition) is 1. The highest BCUT2D eigenvalue weighted by atomic mass is 32.2. The van der Waals surface area contributed by atoms with Gasteiger partial charge < -0.3 is 4.74 Å². The van der Waals surface area contributed by atoms with E-state index in [-0.39, 0.29) is 6.42 Å². The number of sulfone groups is 1. The van der Waals surface area contributed by atoms with E-state index in [0.717, 1.165) is 19.1 Å². The van der Waals surface area contributed by atoms with Crippen molar-refractivity contribution in [1.29, 1.82) is 0 Å². The van der Waals surface area contributed by atoms with E-state index in [1.807, 2.05) is 0 Å². The van der Waals surface area contributed by atoms with Crippen molar-refractivity contribution < 1.29 is 22.8 Å². The molecule has 7 heteroatoms. The van der Waals surface area contributed by atoms with Crippen molar-refractivity contribution in [2.24, 2.45) is 0 Å². The van der Waals surface area contributed by atoms with Crippen LogP contribution in [0.2, 0.25) is 0 Å². The van der Waals surface area contributed by atoms with Gasteiger partial charge in [-0.3, -0.25) is 4.79 Å². The summed E-state index contributed by atoms with van der Waals surface area (Å²) < 4.78 is 27.9. The Morgan fingerprint density at radius 3 is 2.71 bits per heavy atom. The summed E-state index contributed by atoms with van der Waals surface area (Å²) in [5.41, 5.74) is 2.17. The second-order valence-electron chi connectivity index (χ2n) is 4.11. The Morgan fingerprint density at radius 1 is 1.53 bits per heavy atom. The second-order valence-corrected chi connectivity index (χ2v) is 6.33. The van der Waals surface area contributed by atoms with E-state index in [2.05, 4.69) is 5.48 Å². The zero-order valence-electron chi connectivity index (χ0n) is 10.1. The van der Waals surface area contributed by atoms with Crippen molar-refractivity contribution in [3.05, 3.63) is 0 Å². The van der Waals surface area contributed by atoms with E-state index in [1.54, 1.807) is 6.92 Å². The molecule has 1 amide bonds. The lowest BCUT2D eigenvalue weighted by Crippen LogP contribution is -2.41. The van der Waals surface area contributed by atoms with E-state index in [9.17, 15) is 13.2 Å². The fourth-order valence-corrected chi connectivity index (χ4v) is 2.72. The lowest BCUT2D eigenvalue weighted by atomic mass is 10.2. The van der Waals surface area contributed by atoms with Gasteiger partial charge in [0.05, 0.1) is 0 Å². The van der Waals surface area contributed by atoms with Crippen molar-refractivity contribution >= 4 is 15.7 Å². The maximum absolute atomic E-state index is 11.6. The summed E-state index contributed by atoms with van der Waals surface area (Å²) in [4.78, 5) is 16.6. The maximum Gasteiger partial charge on any atom is 0.261 e. The number of amides is 1. The summed E-state index contributed by atoms with van der Waals surface area (Å²) in [6.45, 7) is 2.24. The number of nitrogens with one attached hydrogen (secondary N) is 1. The Bertz CT molecular complexity index is 348. The molecule has 0 aromatic heterocycles. The van der Waals surface area contributed by atoms with Gasteiger partial charge in [-0.15, -0.1) is 0 Å².